The van der Waals surface area contributed by atoms with Gasteiger partial charge in [-0.05, 0) is 30.3 Å². The number of carbonyl (C=O) groups excluding carboxylic acids is 1. The van der Waals surface area contributed by atoms with E-state index >= 15 is 0 Å². The van der Waals surface area contributed by atoms with Crippen LogP contribution in [0, 0.1) is 0 Å². The summed E-state index contributed by atoms with van der Waals surface area (Å²) < 4.78 is 0.836. The summed E-state index contributed by atoms with van der Waals surface area (Å²) in [6.45, 7) is 4.53. The van der Waals surface area contributed by atoms with Crippen LogP contribution in [0.2, 0.25) is 0 Å². The number of benzene rings is 2. The maximum Gasteiger partial charge on any atom is 0.241 e. The van der Waals surface area contributed by atoms with Crippen LogP contribution in [0.25, 0.3) is 0 Å². The Bertz CT molecular complexity index is 790. The molecule has 0 radical (unpaired) electrons. The molecule has 1 saturated heterocycles. The van der Waals surface area contributed by atoms with Crippen molar-refractivity contribution in [3.8, 4) is 5.75 Å². The van der Waals surface area contributed by atoms with Crippen molar-refractivity contribution in [1.29, 1.82) is 0 Å². The van der Waals surface area contributed by atoms with E-state index in [-0.39, 0.29) is 11.7 Å². The number of para-hydroxylation sites is 1. The molecule has 3 rings (SSSR count). The number of phenolic OH excluding ortho intramolecular Hbond substituents is 1. The highest BCUT2D eigenvalue weighted by atomic mass is 79.9. The van der Waals surface area contributed by atoms with Crippen LogP contribution in [0.4, 0.5) is 5.69 Å². The van der Waals surface area contributed by atoms with Crippen molar-refractivity contribution in [2.75, 3.05) is 37.6 Å². The van der Waals surface area contributed by atoms with Crippen LogP contribution in [-0.4, -0.2) is 54.9 Å². The van der Waals surface area contributed by atoms with E-state index in [1.54, 1.807) is 18.2 Å². The highest BCUT2D eigenvalue weighted by Crippen LogP contribution is 2.20. The van der Waals surface area contributed by atoms with Crippen LogP contribution in [0.15, 0.2) is 58.1 Å². The summed E-state index contributed by atoms with van der Waals surface area (Å²) in [5.74, 6) is -0.0151. The Hall–Kier alpha value is -2.38. The molecule has 0 unspecified atom stereocenters. The third-order valence-electron chi connectivity index (χ3n) is 4.53. The number of carbonyl (C=O) groups is 1. The average molecular weight is 431 g/mol. The van der Waals surface area contributed by atoms with Gasteiger partial charge in [0.15, 0.2) is 0 Å². The molecule has 6 nitrogen and oxygen atoms in total. The van der Waals surface area contributed by atoms with E-state index in [2.05, 4.69) is 60.5 Å². The second-order valence-corrected chi connectivity index (χ2v) is 7.33. The summed E-state index contributed by atoms with van der Waals surface area (Å²) in [5.41, 5.74) is 4.31. The number of halogens is 1. The van der Waals surface area contributed by atoms with Gasteiger partial charge in [0, 0.05) is 54.9 Å². The van der Waals surface area contributed by atoms with Crippen LogP contribution in [0.3, 0.4) is 0 Å². The van der Waals surface area contributed by atoms with Crippen molar-refractivity contribution < 1.29 is 9.90 Å². The first-order chi connectivity index (χ1) is 13.1. The number of hydrazone groups is 1. The molecule has 2 aromatic rings. The number of anilines is 1. The molecule has 0 atom stereocenters. The minimum atomic E-state index is -0.133. The van der Waals surface area contributed by atoms with E-state index in [1.165, 1.54) is 11.9 Å². The first-order valence-corrected chi connectivity index (χ1v) is 9.74. The van der Waals surface area contributed by atoms with Gasteiger partial charge in [-0.2, -0.15) is 5.10 Å². The lowest BCUT2D eigenvalue weighted by Crippen LogP contribution is -2.47. The van der Waals surface area contributed by atoms with Crippen molar-refractivity contribution in [2.24, 2.45) is 5.10 Å². The summed E-state index contributed by atoms with van der Waals surface area (Å²) >= 11 is 3.34. The topological polar surface area (TPSA) is 68.2 Å². The normalized spacial score (nSPS) is 15.2. The Labute approximate surface area is 167 Å². The standard InChI is InChI=1S/C20H23BrN4O2/c21-17-6-7-19(26)16(14-17)15-22-23-20(27)8-9-24-10-12-25(13-11-24)18-4-2-1-3-5-18/h1-7,14-15,26H,8-13H2,(H,23,27)/b22-15+. The van der Waals surface area contributed by atoms with E-state index in [1.807, 2.05) is 6.07 Å². The first-order valence-electron chi connectivity index (χ1n) is 8.94. The molecule has 1 aliphatic rings. The Morgan fingerprint density at radius 1 is 1.15 bits per heavy atom. The third kappa shape index (κ3) is 5.80. The predicted octanol–water partition coefficient (Wildman–Crippen LogP) is 2.82. The Balaban J connectivity index is 1.38. The number of nitrogens with zero attached hydrogens (tertiary/aromatic N) is 3. The molecule has 0 bridgehead atoms. The molecule has 2 N–H and O–H groups in total. The Kier molecular flexibility index (Phi) is 6.84. The lowest BCUT2D eigenvalue weighted by Gasteiger charge is -2.36. The van der Waals surface area contributed by atoms with Crippen molar-refractivity contribution >= 4 is 33.7 Å². The van der Waals surface area contributed by atoms with E-state index < -0.39 is 0 Å². The number of phenols is 1. The molecule has 2 aromatic carbocycles. The van der Waals surface area contributed by atoms with Crippen LogP contribution in [0.5, 0.6) is 5.75 Å². The second-order valence-electron chi connectivity index (χ2n) is 6.41. The van der Waals surface area contributed by atoms with Crippen LogP contribution in [0.1, 0.15) is 12.0 Å². The van der Waals surface area contributed by atoms with Crippen LogP contribution >= 0.6 is 15.9 Å². The lowest BCUT2D eigenvalue weighted by atomic mass is 10.2. The summed E-state index contributed by atoms with van der Waals surface area (Å²) in [7, 11) is 0. The minimum absolute atomic E-state index is 0.118. The molecule has 0 aromatic heterocycles. The van der Waals surface area contributed by atoms with Gasteiger partial charge < -0.3 is 10.0 Å². The summed E-state index contributed by atoms with van der Waals surface area (Å²) in [6.07, 6.45) is 1.84. The monoisotopic (exact) mass is 430 g/mol. The van der Waals surface area contributed by atoms with Crippen LogP contribution in [-0.2, 0) is 4.79 Å². The SMILES string of the molecule is O=C(CCN1CCN(c2ccccc2)CC1)N/N=C/c1cc(Br)ccc1O. The molecule has 1 aliphatic heterocycles. The number of piperazine rings is 1. The number of aromatic hydroxyl groups is 1. The molecule has 1 amide bonds. The van der Waals surface area contributed by atoms with Crippen molar-refractivity contribution in [2.45, 2.75) is 6.42 Å². The zero-order valence-corrected chi connectivity index (χ0v) is 16.6. The van der Waals surface area contributed by atoms with E-state index in [9.17, 15) is 9.90 Å². The zero-order valence-electron chi connectivity index (χ0n) is 15.0. The number of hydrogen-bond donors (Lipinski definition) is 2. The number of amides is 1. The highest BCUT2D eigenvalue weighted by Gasteiger charge is 2.17. The van der Waals surface area contributed by atoms with Gasteiger partial charge in [-0.1, -0.05) is 34.1 Å². The fraction of sp³-hybridized carbons (Fsp3) is 0.300. The zero-order chi connectivity index (χ0) is 19.1. The summed E-state index contributed by atoms with van der Waals surface area (Å²) in [4.78, 5) is 16.6. The van der Waals surface area contributed by atoms with Gasteiger partial charge in [0.25, 0.3) is 0 Å². The van der Waals surface area contributed by atoms with Gasteiger partial charge in [0.2, 0.25) is 5.91 Å². The third-order valence-corrected chi connectivity index (χ3v) is 5.02. The van der Waals surface area contributed by atoms with Crippen molar-refractivity contribution in [3.63, 3.8) is 0 Å². The molecule has 27 heavy (non-hydrogen) atoms. The number of rotatable bonds is 6. The van der Waals surface area contributed by atoms with E-state index in [4.69, 9.17) is 0 Å². The van der Waals surface area contributed by atoms with Crippen molar-refractivity contribution in [3.05, 3.63) is 58.6 Å². The Morgan fingerprint density at radius 2 is 1.89 bits per heavy atom. The van der Waals surface area contributed by atoms with Gasteiger partial charge in [-0.3, -0.25) is 9.69 Å². The largest absolute Gasteiger partial charge is 0.507 e. The lowest BCUT2D eigenvalue weighted by molar-refractivity contribution is -0.121. The van der Waals surface area contributed by atoms with Crippen LogP contribution < -0.4 is 10.3 Å². The number of nitrogens with one attached hydrogen (secondary N) is 1. The van der Waals surface area contributed by atoms with Gasteiger partial charge in [0.1, 0.15) is 5.75 Å². The quantitative estimate of drug-likeness (QED) is 0.546. The van der Waals surface area contributed by atoms with Gasteiger partial charge >= 0.3 is 0 Å². The van der Waals surface area contributed by atoms with Crippen molar-refractivity contribution in [1.82, 2.24) is 10.3 Å². The molecule has 7 heteroatoms. The van der Waals surface area contributed by atoms with Gasteiger partial charge in [-0.15, -0.1) is 0 Å². The van der Waals surface area contributed by atoms with E-state index in [0.29, 0.717) is 18.5 Å². The predicted molar refractivity (Wildman–Crippen MR) is 111 cm³/mol. The molecule has 1 heterocycles. The number of hydrogen-bond acceptors (Lipinski definition) is 5. The Morgan fingerprint density at radius 3 is 2.63 bits per heavy atom. The minimum Gasteiger partial charge on any atom is -0.507 e. The second kappa shape index (κ2) is 9.53. The maximum absolute atomic E-state index is 12.0. The molecule has 1 fully saturated rings. The smallest absolute Gasteiger partial charge is 0.241 e. The fourth-order valence-corrected chi connectivity index (χ4v) is 3.37. The molecular formula is C20H23BrN4O2. The van der Waals surface area contributed by atoms with Gasteiger partial charge in [-0.25, -0.2) is 5.43 Å². The van der Waals surface area contributed by atoms with Gasteiger partial charge in [0.05, 0.1) is 6.21 Å². The molecule has 142 valence electrons. The highest BCUT2D eigenvalue weighted by molar-refractivity contribution is 9.10. The summed E-state index contributed by atoms with van der Waals surface area (Å²) in [6, 6.07) is 15.4. The molecule has 0 aliphatic carbocycles. The molecule has 0 spiro atoms. The fourth-order valence-electron chi connectivity index (χ4n) is 2.99. The average Bonchev–Trinajstić information content (AvgIpc) is 2.70. The molecular weight excluding hydrogens is 408 g/mol. The maximum atomic E-state index is 12.0. The first kappa shape index (κ1) is 19.4. The van der Waals surface area contributed by atoms with E-state index in [0.717, 1.165) is 30.7 Å². The summed E-state index contributed by atoms with van der Waals surface area (Å²) in [5, 5.41) is 13.7. The molecule has 0 saturated carbocycles.